The van der Waals surface area contributed by atoms with Gasteiger partial charge in [0.15, 0.2) is 5.69 Å². The van der Waals surface area contributed by atoms with Crippen molar-refractivity contribution in [3.63, 3.8) is 0 Å². The molecule has 0 fully saturated rings. The van der Waals surface area contributed by atoms with E-state index in [1.165, 1.54) is 6.07 Å². The molecule has 2 aromatic rings. The molecule has 0 spiro atoms. The maximum Gasteiger partial charge on any atom is 0.354 e. The van der Waals surface area contributed by atoms with Gasteiger partial charge in [0.2, 0.25) is 0 Å². The molecule has 0 atom stereocenters. The van der Waals surface area contributed by atoms with Gasteiger partial charge >= 0.3 is 11.9 Å². The second kappa shape index (κ2) is 5.34. The van der Waals surface area contributed by atoms with Gasteiger partial charge in [-0.2, -0.15) is 0 Å². The summed E-state index contributed by atoms with van der Waals surface area (Å²) in [5.74, 6) is -1.81. The molecule has 98 valence electrons. The zero-order valence-electron chi connectivity index (χ0n) is 9.87. The number of hydrogen-bond donors (Lipinski definition) is 2. The first-order chi connectivity index (χ1) is 9.08. The van der Waals surface area contributed by atoms with Gasteiger partial charge in [-0.3, -0.25) is 4.79 Å². The summed E-state index contributed by atoms with van der Waals surface area (Å²) >= 11 is 0. The summed E-state index contributed by atoms with van der Waals surface area (Å²) in [6, 6.07) is 8.22. The molecule has 6 nitrogen and oxygen atoms in total. The second-order valence-electron chi connectivity index (χ2n) is 3.82. The molecule has 2 rings (SSSR count). The van der Waals surface area contributed by atoms with Crippen LogP contribution in [0.2, 0.25) is 0 Å². The first kappa shape index (κ1) is 12.8. The van der Waals surface area contributed by atoms with Gasteiger partial charge in [0.1, 0.15) is 5.75 Å². The second-order valence-corrected chi connectivity index (χ2v) is 3.82. The molecule has 0 aliphatic rings. The van der Waals surface area contributed by atoms with Crippen LogP contribution in [0.4, 0.5) is 0 Å². The maximum atomic E-state index is 11.0. The molecule has 1 aromatic heterocycles. The topological polar surface area (TPSA) is 96.7 Å². The molecule has 0 saturated carbocycles. The standard InChI is InChI=1S/C13H11NO5/c15-12(16)5-6-19-11-7-10(13(17)18)14-9-4-2-1-3-8(9)11/h1-4,7H,5-6H2,(H,15,16)(H,17,18). The SMILES string of the molecule is O=C(O)CCOc1cc(C(=O)O)nc2ccccc12. The fourth-order valence-corrected chi connectivity index (χ4v) is 1.62. The van der Waals surface area contributed by atoms with Crippen LogP contribution in [0.25, 0.3) is 10.9 Å². The Morgan fingerprint density at radius 2 is 1.95 bits per heavy atom. The van der Waals surface area contributed by atoms with E-state index in [0.29, 0.717) is 16.7 Å². The zero-order valence-corrected chi connectivity index (χ0v) is 9.87. The van der Waals surface area contributed by atoms with Crippen molar-refractivity contribution >= 4 is 22.8 Å². The van der Waals surface area contributed by atoms with Crippen molar-refractivity contribution in [3.05, 3.63) is 36.0 Å². The van der Waals surface area contributed by atoms with Gasteiger partial charge in [-0.1, -0.05) is 12.1 Å². The predicted molar refractivity (Wildman–Crippen MR) is 66.5 cm³/mol. The Balaban J connectivity index is 2.38. The van der Waals surface area contributed by atoms with Crippen LogP contribution in [0, 0.1) is 0 Å². The molecule has 0 saturated heterocycles. The van der Waals surface area contributed by atoms with Crippen molar-refractivity contribution < 1.29 is 24.5 Å². The molecule has 0 amide bonds. The average molecular weight is 261 g/mol. The van der Waals surface area contributed by atoms with E-state index in [4.69, 9.17) is 14.9 Å². The minimum atomic E-state index is -1.16. The molecule has 0 aliphatic heterocycles. The summed E-state index contributed by atoms with van der Waals surface area (Å²) in [5.41, 5.74) is 0.358. The lowest BCUT2D eigenvalue weighted by atomic mass is 10.2. The van der Waals surface area contributed by atoms with Crippen molar-refractivity contribution in [2.75, 3.05) is 6.61 Å². The van der Waals surface area contributed by atoms with Gasteiger partial charge < -0.3 is 14.9 Å². The molecule has 0 radical (unpaired) electrons. The number of para-hydroxylation sites is 1. The first-order valence-corrected chi connectivity index (χ1v) is 5.55. The largest absolute Gasteiger partial charge is 0.492 e. The van der Waals surface area contributed by atoms with E-state index in [-0.39, 0.29) is 18.7 Å². The number of nitrogens with zero attached hydrogens (tertiary/aromatic N) is 1. The van der Waals surface area contributed by atoms with Crippen molar-refractivity contribution in [2.45, 2.75) is 6.42 Å². The Hall–Kier alpha value is -2.63. The molecular weight excluding hydrogens is 250 g/mol. The smallest absolute Gasteiger partial charge is 0.354 e. The van der Waals surface area contributed by atoms with Crippen LogP contribution in [0.15, 0.2) is 30.3 Å². The Morgan fingerprint density at radius 3 is 2.63 bits per heavy atom. The van der Waals surface area contributed by atoms with Gasteiger partial charge in [0, 0.05) is 11.5 Å². The highest BCUT2D eigenvalue weighted by molar-refractivity contribution is 5.93. The van der Waals surface area contributed by atoms with Crippen LogP contribution in [0.1, 0.15) is 16.9 Å². The number of aromatic carboxylic acids is 1. The highest BCUT2D eigenvalue weighted by Gasteiger charge is 2.11. The molecule has 0 unspecified atom stereocenters. The summed E-state index contributed by atoms with van der Waals surface area (Å²) in [5, 5.41) is 18.2. The number of aliphatic carboxylic acids is 1. The summed E-state index contributed by atoms with van der Waals surface area (Å²) in [6.45, 7) is -0.0254. The van der Waals surface area contributed by atoms with Gasteiger partial charge in [-0.15, -0.1) is 0 Å². The molecule has 0 aliphatic carbocycles. The van der Waals surface area contributed by atoms with Gasteiger partial charge in [0.05, 0.1) is 18.5 Å². The Bertz CT molecular complexity index is 638. The molecule has 19 heavy (non-hydrogen) atoms. The molecule has 0 bridgehead atoms. The Morgan fingerprint density at radius 1 is 1.21 bits per heavy atom. The lowest BCUT2D eigenvalue weighted by Gasteiger charge is -2.09. The van der Waals surface area contributed by atoms with Crippen LogP contribution in [-0.2, 0) is 4.79 Å². The summed E-state index contributed by atoms with van der Waals surface area (Å²) in [7, 11) is 0. The van der Waals surface area contributed by atoms with E-state index in [0.717, 1.165) is 0 Å². The van der Waals surface area contributed by atoms with E-state index in [1.54, 1.807) is 24.3 Å². The highest BCUT2D eigenvalue weighted by atomic mass is 16.5. The monoisotopic (exact) mass is 261 g/mol. The van der Waals surface area contributed by atoms with E-state index >= 15 is 0 Å². The number of rotatable bonds is 5. The molecule has 1 aromatic carbocycles. The summed E-state index contributed by atoms with van der Waals surface area (Å²) in [4.78, 5) is 25.4. The van der Waals surface area contributed by atoms with Crippen LogP contribution in [0.3, 0.4) is 0 Å². The van der Waals surface area contributed by atoms with Gasteiger partial charge in [-0.05, 0) is 12.1 Å². The van der Waals surface area contributed by atoms with Crippen molar-refractivity contribution in [1.82, 2.24) is 4.98 Å². The number of aromatic nitrogens is 1. The number of fused-ring (bicyclic) bond motifs is 1. The Labute approximate surface area is 108 Å². The number of carboxylic acid groups (broad SMARTS) is 2. The number of ether oxygens (including phenoxy) is 1. The van der Waals surface area contributed by atoms with Crippen LogP contribution < -0.4 is 4.74 Å². The molecule has 6 heteroatoms. The number of carboxylic acids is 2. The number of carbonyl (C=O) groups is 2. The number of hydrogen-bond acceptors (Lipinski definition) is 4. The Kier molecular flexibility index (Phi) is 3.61. The predicted octanol–water partition coefficient (Wildman–Crippen LogP) is 1.79. The molecule has 1 heterocycles. The van der Waals surface area contributed by atoms with Gasteiger partial charge in [-0.25, -0.2) is 9.78 Å². The third-order valence-corrected chi connectivity index (χ3v) is 2.47. The summed E-state index contributed by atoms with van der Waals surface area (Å²) in [6.07, 6.45) is -0.154. The van der Waals surface area contributed by atoms with E-state index < -0.39 is 11.9 Å². The van der Waals surface area contributed by atoms with Crippen molar-refractivity contribution in [1.29, 1.82) is 0 Å². The lowest BCUT2D eigenvalue weighted by molar-refractivity contribution is -0.137. The van der Waals surface area contributed by atoms with E-state index in [2.05, 4.69) is 4.98 Å². The molecular formula is C13H11NO5. The lowest BCUT2D eigenvalue weighted by Crippen LogP contribution is -2.07. The normalized spacial score (nSPS) is 10.3. The highest BCUT2D eigenvalue weighted by Crippen LogP contribution is 2.25. The fourth-order valence-electron chi connectivity index (χ4n) is 1.62. The van der Waals surface area contributed by atoms with Gasteiger partial charge in [0.25, 0.3) is 0 Å². The minimum absolute atomic E-state index is 0.0254. The maximum absolute atomic E-state index is 11.0. The zero-order chi connectivity index (χ0) is 13.8. The fraction of sp³-hybridized carbons (Fsp3) is 0.154. The first-order valence-electron chi connectivity index (χ1n) is 5.55. The quantitative estimate of drug-likeness (QED) is 0.851. The van der Waals surface area contributed by atoms with Crippen LogP contribution in [0.5, 0.6) is 5.75 Å². The number of benzene rings is 1. The average Bonchev–Trinajstić information content (AvgIpc) is 2.38. The summed E-state index contributed by atoms with van der Waals surface area (Å²) < 4.78 is 5.34. The third-order valence-electron chi connectivity index (χ3n) is 2.47. The van der Waals surface area contributed by atoms with Crippen LogP contribution >= 0.6 is 0 Å². The number of pyridine rings is 1. The minimum Gasteiger partial charge on any atom is -0.492 e. The van der Waals surface area contributed by atoms with Crippen LogP contribution in [-0.4, -0.2) is 33.7 Å². The van der Waals surface area contributed by atoms with E-state index in [1.807, 2.05) is 0 Å². The molecule has 2 N–H and O–H groups in total. The van der Waals surface area contributed by atoms with Crippen molar-refractivity contribution in [2.24, 2.45) is 0 Å². The van der Waals surface area contributed by atoms with Crippen molar-refractivity contribution in [3.8, 4) is 5.75 Å². The third kappa shape index (κ3) is 2.98. The van der Waals surface area contributed by atoms with E-state index in [9.17, 15) is 9.59 Å².